The molecule has 0 fully saturated rings. The lowest BCUT2D eigenvalue weighted by molar-refractivity contribution is 0.556. The molecule has 2 nitrogen and oxygen atoms in total. The standard InChI is InChI=1S/C10H14BrClN2/c1-7(5-13)14-6-8-2-9(11)4-10(12)3-8/h2-4,7,14H,5-6,13H2,1H3. The third-order valence-electron chi connectivity index (χ3n) is 1.93. The van der Waals surface area contributed by atoms with Crippen molar-refractivity contribution in [3.8, 4) is 0 Å². The highest BCUT2D eigenvalue weighted by Crippen LogP contribution is 2.19. The van der Waals surface area contributed by atoms with Crippen molar-refractivity contribution in [3.05, 3.63) is 33.3 Å². The van der Waals surface area contributed by atoms with Crippen molar-refractivity contribution in [2.45, 2.75) is 19.5 Å². The zero-order valence-electron chi connectivity index (χ0n) is 8.06. The van der Waals surface area contributed by atoms with Crippen molar-refractivity contribution < 1.29 is 0 Å². The lowest BCUT2D eigenvalue weighted by Gasteiger charge is -2.11. The molecule has 0 amide bonds. The first kappa shape index (κ1) is 12.0. The summed E-state index contributed by atoms with van der Waals surface area (Å²) in [6, 6.07) is 6.19. The second-order valence-corrected chi connectivity index (χ2v) is 4.65. The van der Waals surface area contributed by atoms with Gasteiger partial charge in [-0.25, -0.2) is 0 Å². The highest BCUT2D eigenvalue weighted by atomic mass is 79.9. The summed E-state index contributed by atoms with van der Waals surface area (Å²) in [4.78, 5) is 0. The Morgan fingerprint density at radius 2 is 2.21 bits per heavy atom. The van der Waals surface area contributed by atoms with Gasteiger partial charge >= 0.3 is 0 Å². The van der Waals surface area contributed by atoms with E-state index >= 15 is 0 Å². The molecule has 0 radical (unpaired) electrons. The van der Waals surface area contributed by atoms with Gasteiger partial charge in [0.15, 0.2) is 0 Å². The fourth-order valence-electron chi connectivity index (χ4n) is 1.09. The Kier molecular flexibility index (Phi) is 4.89. The number of hydrogen-bond acceptors (Lipinski definition) is 2. The predicted octanol–water partition coefficient (Wildman–Crippen LogP) is 2.54. The Morgan fingerprint density at radius 1 is 1.50 bits per heavy atom. The monoisotopic (exact) mass is 276 g/mol. The van der Waals surface area contributed by atoms with Crippen LogP contribution in [0.3, 0.4) is 0 Å². The Bertz CT molecular complexity index is 284. The average molecular weight is 278 g/mol. The number of halogens is 2. The van der Waals surface area contributed by atoms with Crippen LogP contribution in [0.5, 0.6) is 0 Å². The van der Waals surface area contributed by atoms with Gasteiger partial charge in [0.25, 0.3) is 0 Å². The molecule has 0 aromatic heterocycles. The van der Waals surface area contributed by atoms with Crippen molar-refractivity contribution >= 4 is 27.5 Å². The Labute approximate surface area is 98.0 Å². The molecule has 1 atom stereocenters. The van der Waals surface area contributed by atoms with Gasteiger partial charge in [-0.15, -0.1) is 0 Å². The van der Waals surface area contributed by atoms with Crippen LogP contribution in [0.15, 0.2) is 22.7 Å². The first-order valence-electron chi connectivity index (χ1n) is 4.50. The average Bonchev–Trinajstić information content (AvgIpc) is 2.12. The van der Waals surface area contributed by atoms with Gasteiger partial charge < -0.3 is 11.1 Å². The van der Waals surface area contributed by atoms with Crippen LogP contribution in [-0.2, 0) is 6.54 Å². The molecular weight excluding hydrogens is 263 g/mol. The molecule has 1 unspecified atom stereocenters. The van der Waals surface area contributed by atoms with E-state index < -0.39 is 0 Å². The molecule has 0 saturated carbocycles. The van der Waals surface area contributed by atoms with Crippen molar-refractivity contribution in [2.24, 2.45) is 5.73 Å². The molecule has 4 heteroatoms. The maximum atomic E-state index is 5.92. The lowest BCUT2D eigenvalue weighted by Crippen LogP contribution is -2.32. The van der Waals surface area contributed by atoms with E-state index in [0.29, 0.717) is 12.6 Å². The number of benzene rings is 1. The molecule has 1 rings (SSSR count). The van der Waals surface area contributed by atoms with Crippen LogP contribution in [0.2, 0.25) is 5.02 Å². The summed E-state index contributed by atoms with van der Waals surface area (Å²) in [7, 11) is 0. The summed E-state index contributed by atoms with van der Waals surface area (Å²) < 4.78 is 1.00. The zero-order valence-corrected chi connectivity index (χ0v) is 10.4. The molecule has 0 saturated heterocycles. The molecule has 14 heavy (non-hydrogen) atoms. The first-order valence-corrected chi connectivity index (χ1v) is 5.67. The van der Waals surface area contributed by atoms with E-state index in [4.69, 9.17) is 17.3 Å². The minimum Gasteiger partial charge on any atom is -0.329 e. The van der Waals surface area contributed by atoms with Gasteiger partial charge in [-0.3, -0.25) is 0 Å². The molecule has 0 spiro atoms. The number of nitrogens with two attached hydrogens (primary N) is 1. The predicted molar refractivity (Wildman–Crippen MR) is 64.5 cm³/mol. The van der Waals surface area contributed by atoms with E-state index in [1.807, 2.05) is 18.2 Å². The molecule has 0 heterocycles. The van der Waals surface area contributed by atoms with E-state index in [9.17, 15) is 0 Å². The number of rotatable bonds is 4. The second-order valence-electron chi connectivity index (χ2n) is 3.30. The van der Waals surface area contributed by atoms with Crippen LogP contribution in [-0.4, -0.2) is 12.6 Å². The number of hydrogen-bond donors (Lipinski definition) is 2. The summed E-state index contributed by atoms with van der Waals surface area (Å²) in [6.07, 6.45) is 0. The van der Waals surface area contributed by atoms with E-state index in [2.05, 4.69) is 28.2 Å². The van der Waals surface area contributed by atoms with Crippen LogP contribution in [0.1, 0.15) is 12.5 Å². The molecule has 0 bridgehead atoms. The van der Waals surface area contributed by atoms with Gasteiger partial charge in [0, 0.05) is 28.6 Å². The van der Waals surface area contributed by atoms with Crippen molar-refractivity contribution in [2.75, 3.05) is 6.54 Å². The molecule has 78 valence electrons. The minimum atomic E-state index is 0.327. The quantitative estimate of drug-likeness (QED) is 0.887. The third-order valence-corrected chi connectivity index (χ3v) is 2.61. The summed E-state index contributed by atoms with van der Waals surface area (Å²) in [5.74, 6) is 0. The van der Waals surface area contributed by atoms with Gasteiger partial charge in [0.05, 0.1) is 0 Å². The van der Waals surface area contributed by atoms with Gasteiger partial charge in [0.2, 0.25) is 0 Å². The van der Waals surface area contributed by atoms with E-state index in [0.717, 1.165) is 21.6 Å². The summed E-state index contributed by atoms with van der Waals surface area (Å²) >= 11 is 9.32. The molecule has 0 aliphatic heterocycles. The van der Waals surface area contributed by atoms with Crippen LogP contribution in [0, 0.1) is 0 Å². The molecule has 0 aliphatic carbocycles. The fourth-order valence-corrected chi connectivity index (χ4v) is 2.02. The van der Waals surface area contributed by atoms with Gasteiger partial charge in [-0.05, 0) is 30.7 Å². The number of nitrogens with one attached hydrogen (secondary N) is 1. The highest BCUT2D eigenvalue weighted by molar-refractivity contribution is 9.10. The molecule has 0 aliphatic rings. The fraction of sp³-hybridized carbons (Fsp3) is 0.400. The summed E-state index contributed by atoms with van der Waals surface area (Å²) in [5, 5.41) is 4.05. The highest BCUT2D eigenvalue weighted by Gasteiger charge is 2.00. The van der Waals surface area contributed by atoms with Crippen molar-refractivity contribution in [3.63, 3.8) is 0 Å². The van der Waals surface area contributed by atoms with Crippen LogP contribution in [0.25, 0.3) is 0 Å². The Morgan fingerprint density at radius 3 is 2.79 bits per heavy atom. The summed E-state index contributed by atoms with van der Waals surface area (Å²) in [5.41, 5.74) is 6.66. The lowest BCUT2D eigenvalue weighted by atomic mass is 10.2. The SMILES string of the molecule is CC(CN)NCc1cc(Cl)cc(Br)c1. The molecule has 3 N–H and O–H groups in total. The third kappa shape index (κ3) is 3.96. The normalized spacial score (nSPS) is 12.9. The van der Waals surface area contributed by atoms with Crippen LogP contribution >= 0.6 is 27.5 Å². The van der Waals surface area contributed by atoms with E-state index in [1.165, 1.54) is 0 Å². The smallest absolute Gasteiger partial charge is 0.0420 e. The first-order chi connectivity index (χ1) is 6.61. The minimum absolute atomic E-state index is 0.327. The maximum Gasteiger partial charge on any atom is 0.0420 e. The molecule has 1 aromatic rings. The zero-order chi connectivity index (χ0) is 10.6. The van der Waals surface area contributed by atoms with Gasteiger partial charge in [-0.1, -0.05) is 27.5 Å². The second kappa shape index (κ2) is 5.71. The van der Waals surface area contributed by atoms with E-state index in [1.54, 1.807) is 0 Å². The summed E-state index contributed by atoms with van der Waals surface area (Å²) in [6.45, 7) is 3.48. The molecule has 1 aromatic carbocycles. The van der Waals surface area contributed by atoms with Crippen LogP contribution in [0.4, 0.5) is 0 Å². The van der Waals surface area contributed by atoms with Crippen LogP contribution < -0.4 is 11.1 Å². The van der Waals surface area contributed by atoms with E-state index in [-0.39, 0.29) is 0 Å². The molecular formula is C10H14BrClN2. The Balaban J connectivity index is 2.58. The van der Waals surface area contributed by atoms with Crippen molar-refractivity contribution in [1.29, 1.82) is 0 Å². The largest absolute Gasteiger partial charge is 0.329 e. The van der Waals surface area contributed by atoms with Gasteiger partial charge in [0.1, 0.15) is 0 Å². The van der Waals surface area contributed by atoms with Crippen molar-refractivity contribution in [1.82, 2.24) is 5.32 Å². The van der Waals surface area contributed by atoms with Gasteiger partial charge in [-0.2, -0.15) is 0 Å². The maximum absolute atomic E-state index is 5.92. The topological polar surface area (TPSA) is 38.0 Å². The Hall–Kier alpha value is -0.0900.